The molecule has 4 rings (SSSR count). The van der Waals surface area contributed by atoms with Gasteiger partial charge in [-0.25, -0.2) is 0 Å². The maximum atomic E-state index is 12.5. The van der Waals surface area contributed by atoms with Crippen LogP contribution < -0.4 is 10.2 Å². The summed E-state index contributed by atoms with van der Waals surface area (Å²) in [6.45, 7) is 4.47. The highest BCUT2D eigenvalue weighted by Gasteiger charge is 2.36. The van der Waals surface area contributed by atoms with Gasteiger partial charge in [0.25, 0.3) is 5.91 Å². The lowest BCUT2D eigenvalue weighted by Crippen LogP contribution is -2.53. The van der Waals surface area contributed by atoms with Crippen LogP contribution in [0.4, 0.5) is 11.4 Å². The normalized spacial score (nSPS) is 20.6. The first-order valence-corrected chi connectivity index (χ1v) is 10.7. The van der Waals surface area contributed by atoms with Crippen molar-refractivity contribution in [2.45, 2.75) is 38.8 Å². The van der Waals surface area contributed by atoms with E-state index < -0.39 is 11.9 Å². The molecule has 0 spiro atoms. The summed E-state index contributed by atoms with van der Waals surface area (Å²) in [7, 11) is 0. The number of carboxylic acid groups (broad SMARTS) is 1. The summed E-state index contributed by atoms with van der Waals surface area (Å²) in [4.78, 5) is 39.4. The molecule has 1 saturated heterocycles. The molecule has 2 aromatic rings. The van der Waals surface area contributed by atoms with Crippen molar-refractivity contribution in [3.63, 3.8) is 0 Å². The van der Waals surface area contributed by atoms with Crippen LogP contribution in [0.1, 0.15) is 48.7 Å². The molecule has 162 valence electrons. The van der Waals surface area contributed by atoms with Crippen molar-refractivity contribution in [3.05, 3.63) is 59.7 Å². The zero-order valence-electron chi connectivity index (χ0n) is 17.7. The molecule has 1 fully saturated rings. The number of likely N-dealkylation sites (tertiary alicyclic amines) is 1. The fourth-order valence-corrected chi connectivity index (χ4v) is 4.39. The maximum Gasteiger partial charge on any atom is 0.310 e. The number of rotatable bonds is 5. The van der Waals surface area contributed by atoms with Crippen molar-refractivity contribution in [1.82, 2.24) is 4.90 Å². The molecule has 2 atom stereocenters. The SMILES string of the molecule is CCC(=O)N1c2ccccc2[C@H](Nc2ccc(C(=O)N3CC(C(=O)O)C3)cc2)C[C@@H]1C. The molecule has 2 aliphatic rings. The van der Waals surface area contributed by atoms with E-state index in [4.69, 9.17) is 5.11 Å². The zero-order valence-corrected chi connectivity index (χ0v) is 17.7. The number of fused-ring (bicyclic) bond motifs is 1. The van der Waals surface area contributed by atoms with E-state index in [2.05, 4.69) is 18.3 Å². The van der Waals surface area contributed by atoms with Gasteiger partial charge in [-0.3, -0.25) is 14.4 Å². The number of nitrogens with zero attached hydrogens (tertiary/aromatic N) is 2. The van der Waals surface area contributed by atoms with Crippen molar-refractivity contribution in [2.24, 2.45) is 5.92 Å². The standard InChI is InChI=1S/C24H27N3O4/c1-3-22(28)27-15(2)12-20(19-6-4-5-7-21(19)27)25-18-10-8-16(9-11-18)23(29)26-13-17(14-26)24(30)31/h4-11,15,17,20,25H,3,12-14H2,1-2H3,(H,30,31)/t15-,20+/m0/s1. The number of para-hydroxylation sites is 1. The molecule has 7 heteroatoms. The molecule has 2 aliphatic heterocycles. The highest BCUT2D eigenvalue weighted by Crippen LogP contribution is 2.39. The lowest BCUT2D eigenvalue weighted by molar-refractivity contribution is -0.146. The van der Waals surface area contributed by atoms with Crippen molar-refractivity contribution in [2.75, 3.05) is 23.3 Å². The second-order valence-corrected chi connectivity index (χ2v) is 8.28. The second kappa shape index (κ2) is 8.41. The van der Waals surface area contributed by atoms with Gasteiger partial charge in [0.2, 0.25) is 5.91 Å². The van der Waals surface area contributed by atoms with Crippen LogP contribution in [0, 0.1) is 5.92 Å². The molecular formula is C24H27N3O4. The molecule has 0 aliphatic carbocycles. The first-order valence-electron chi connectivity index (χ1n) is 10.7. The van der Waals surface area contributed by atoms with Gasteiger partial charge in [0.1, 0.15) is 0 Å². The van der Waals surface area contributed by atoms with Crippen LogP contribution in [-0.4, -0.2) is 46.9 Å². The molecule has 2 aromatic carbocycles. The van der Waals surface area contributed by atoms with Gasteiger partial charge in [-0.15, -0.1) is 0 Å². The fourth-order valence-electron chi connectivity index (χ4n) is 4.39. The average molecular weight is 421 g/mol. The van der Waals surface area contributed by atoms with Gasteiger partial charge < -0.3 is 20.2 Å². The zero-order chi connectivity index (χ0) is 22.1. The fraction of sp³-hybridized carbons (Fsp3) is 0.375. The number of hydrogen-bond donors (Lipinski definition) is 2. The number of carbonyl (C=O) groups excluding carboxylic acids is 2. The Morgan fingerprint density at radius 2 is 1.74 bits per heavy atom. The molecule has 2 N–H and O–H groups in total. The average Bonchev–Trinajstić information content (AvgIpc) is 2.72. The van der Waals surface area contributed by atoms with Crippen molar-refractivity contribution in [3.8, 4) is 0 Å². The number of anilines is 2. The molecule has 0 aromatic heterocycles. The van der Waals surface area contributed by atoms with Crippen LogP contribution in [0.3, 0.4) is 0 Å². The van der Waals surface area contributed by atoms with E-state index in [1.807, 2.05) is 42.2 Å². The minimum atomic E-state index is -0.857. The molecule has 7 nitrogen and oxygen atoms in total. The van der Waals surface area contributed by atoms with E-state index in [0.717, 1.165) is 23.4 Å². The Hall–Kier alpha value is -3.35. The summed E-state index contributed by atoms with van der Waals surface area (Å²) in [5.41, 5.74) is 3.48. The number of benzene rings is 2. The Morgan fingerprint density at radius 1 is 1.06 bits per heavy atom. The molecular weight excluding hydrogens is 394 g/mol. The van der Waals surface area contributed by atoms with Gasteiger partial charge >= 0.3 is 5.97 Å². The Bertz CT molecular complexity index is 998. The Morgan fingerprint density at radius 3 is 2.39 bits per heavy atom. The lowest BCUT2D eigenvalue weighted by atomic mass is 9.91. The summed E-state index contributed by atoms with van der Waals surface area (Å²) in [6, 6.07) is 15.4. The van der Waals surface area contributed by atoms with Crippen LogP contribution in [0.2, 0.25) is 0 Å². The first kappa shape index (κ1) is 20.9. The maximum absolute atomic E-state index is 12.5. The second-order valence-electron chi connectivity index (χ2n) is 8.28. The summed E-state index contributed by atoms with van der Waals surface area (Å²) in [6.07, 6.45) is 1.25. The number of aliphatic carboxylic acids is 1. The Kier molecular flexibility index (Phi) is 5.67. The topological polar surface area (TPSA) is 90.0 Å². The van der Waals surface area contributed by atoms with E-state index >= 15 is 0 Å². The number of amides is 2. The van der Waals surface area contributed by atoms with Crippen LogP contribution in [0.15, 0.2) is 48.5 Å². The van der Waals surface area contributed by atoms with Crippen LogP contribution in [-0.2, 0) is 9.59 Å². The summed E-state index contributed by atoms with van der Waals surface area (Å²) >= 11 is 0. The molecule has 2 heterocycles. The van der Waals surface area contributed by atoms with Crippen molar-refractivity contribution >= 4 is 29.2 Å². The number of carboxylic acids is 1. The van der Waals surface area contributed by atoms with Crippen LogP contribution in [0.25, 0.3) is 0 Å². The Labute approximate surface area is 181 Å². The van der Waals surface area contributed by atoms with E-state index in [0.29, 0.717) is 12.0 Å². The predicted molar refractivity (Wildman–Crippen MR) is 118 cm³/mol. The monoisotopic (exact) mass is 421 g/mol. The van der Waals surface area contributed by atoms with Crippen molar-refractivity contribution in [1.29, 1.82) is 0 Å². The highest BCUT2D eigenvalue weighted by atomic mass is 16.4. The largest absolute Gasteiger partial charge is 0.481 e. The number of hydrogen-bond acceptors (Lipinski definition) is 4. The van der Waals surface area contributed by atoms with Crippen LogP contribution >= 0.6 is 0 Å². The highest BCUT2D eigenvalue weighted by molar-refractivity contribution is 5.96. The van der Waals surface area contributed by atoms with E-state index in [9.17, 15) is 14.4 Å². The predicted octanol–water partition coefficient (Wildman–Crippen LogP) is 3.53. The van der Waals surface area contributed by atoms with Crippen LogP contribution in [0.5, 0.6) is 0 Å². The minimum Gasteiger partial charge on any atom is -0.481 e. The third-order valence-electron chi connectivity index (χ3n) is 6.15. The summed E-state index contributed by atoms with van der Waals surface area (Å²) < 4.78 is 0. The number of carbonyl (C=O) groups is 3. The molecule has 0 unspecified atom stereocenters. The van der Waals surface area contributed by atoms with Gasteiger partial charge in [-0.2, -0.15) is 0 Å². The van der Waals surface area contributed by atoms with Gasteiger partial charge in [0.15, 0.2) is 0 Å². The molecule has 31 heavy (non-hydrogen) atoms. The van der Waals surface area contributed by atoms with Gasteiger partial charge in [0, 0.05) is 42.5 Å². The molecule has 2 amide bonds. The Balaban J connectivity index is 1.47. The minimum absolute atomic E-state index is 0.0559. The quantitative estimate of drug-likeness (QED) is 0.771. The van der Waals surface area contributed by atoms with Crippen molar-refractivity contribution < 1.29 is 19.5 Å². The van der Waals surface area contributed by atoms with E-state index in [1.165, 1.54) is 0 Å². The van der Waals surface area contributed by atoms with E-state index in [-0.39, 0.29) is 37.0 Å². The lowest BCUT2D eigenvalue weighted by Gasteiger charge is -2.40. The van der Waals surface area contributed by atoms with Gasteiger partial charge in [-0.05, 0) is 49.2 Å². The van der Waals surface area contributed by atoms with E-state index in [1.54, 1.807) is 17.0 Å². The van der Waals surface area contributed by atoms with Gasteiger partial charge in [-0.1, -0.05) is 25.1 Å². The molecule has 0 bridgehead atoms. The molecule has 0 radical (unpaired) electrons. The first-order chi connectivity index (χ1) is 14.9. The molecule has 0 saturated carbocycles. The summed E-state index contributed by atoms with van der Waals surface area (Å²) in [5.74, 6) is -1.34. The smallest absolute Gasteiger partial charge is 0.310 e. The number of nitrogens with one attached hydrogen (secondary N) is 1. The third-order valence-corrected chi connectivity index (χ3v) is 6.15. The summed E-state index contributed by atoms with van der Waals surface area (Å²) in [5, 5.41) is 12.5. The van der Waals surface area contributed by atoms with Gasteiger partial charge in [0.05, 0.1) is 12.0 Å². The third kappa shape index (κ3) is 4.00.